The molecule has 0 spiro atoms. The third-order valence-electron chi connectivity index (χ3n) is 5.33. The number of aryl methyl sites for hydroxylation is 3. The van der Waals surface area contributed by atoms with E-state index >= 15 is 0 Å². The molecule has 0 saturated carbocycles. The van der Waals surface area contributed by atoms with Crippen molar-refractivity contribution >= 4 is 5.69 Å². The maximum absolute atomic E-state index is 4.52. The summed E-state index contributed by atoms with van der Waals surface area (Å²) in [6.07, 6.45) is 7.10. The Morgan fingerprint density at radius 3 is 2.76 bits per heavy atom. The summed E-state index contributed by atoms with van der Waals surface area (Å²) < 4.78 is 2.24. The van der Waals surface area contributed by atoms with E-state index in [1.54, 1.807) is 4.80 Å². The zero-order chi connectivity index (χ0) is 19.5. The van der Waals surface area contributed by atoms with Gasteiger partial charge in [0.2, 0.25) is 5.82 Å². The Kier molecular flexibility index (Phi) is 4.78. The smallest absolute Gasteiger partial charge is 0.204 e. The molecule has 0 radical (unpaired) electrons. The second kappa shape index (κ2) is 7.87. The second-order valence-corrected chi connectivity index (χ2v) is 7.34. The van der Waals surface area contributed by atoms with E-state index in [0.29, 0.717) is 12.4 Å². The molecule has 7 heteroatoms. The Morgan fingerprint density at radius 2 is 1.90 bits per heavy atom. The normalized spacial score (nSPS) is 15.8. The van der Waals surface area contributed by atoms with Gasteiger partial charge in [-0.1, -0.05) is 42.5 Å². The summed E-state index contributed by atoms with van der Waals surface area (Å²) in [5.41, 5.74) is 3.36. The lowest BCUT2D eigenvalue weighted by atomic mass is 10.1. The molecule has 0 amide bonds. The number of benzene rings is 2. The van der Waals surface area contributed by atoms with Crippen LogP contribution in [0.5, 0.6) is 0 Å². The van der Waals surface area contributed by atoms with Crippen molar-refractivity contribution in [3.05, 3.63) is 78.4 Å². The third-order valence-corrected chi connectivity index (χ3v) is 5.33. The lowest BCUT2D eigenvalue weighted by Gasteiger charge is -2.25. The molecule has 0 aliphatic carbocycles. The highest BCUT2D eigenvalue weighted by Gasteiger charge is 2.20. The monoisotopic (exact) mass is 385 g/mol. The molecule has 1 aliphatic rings. The van der Waals surface area contributed by atoms with Crippen LogP contribution in [0, 0.1) is 0 Å². The molecule has 146 valence electrons. The summed E-state index contributed by atoms with van der Waals surface area (Å²) in [6.45, 7) is 1.77. The van der Waals surface area contributed by atoms with E-state index in [1.165, 1.54) is 12.0 Å². The van der Waals surface area contributed by atoms with Crippen molar-refractivity contribution in [1.29, 1.82) is 0 Å². The van der Waals surface area contributed by atoms with Crippen molar-refractivity contribution in [2.24, 2.45) is 0 Å². The molecule has 7 nitrogen and oxygen atoms in total. The Morgan fingerprint density at radius 1 is 1.03 bits per heavy atom. The molecule has 1 N–H and O–H groups in total. The molecule has 1 unspecified atom stereocenters. The van der Waals surface area contributed by atoms with Gasteiger partial charge in [-0.2, -0.15) is 4.80 Å². The van der Waals surface area contributed by atoms with Gasteiger partial charge in [-0.15, -0.1) is 10.2 Å². The van der Waals surface area contributed by atoms with Gasteiger partial charge in [0.25, 0.3) is 0 Å². The number of nitrogens with one attached hydrogen (secondary N) is 1. The fraction of sp³-hybridized carbons (Fsp3) is 0.273. The van der Waals surface area contributed by atoms with Crippen LogP contribution < -0.4 is 5.32 Å². The van der Waals surface area contributed by atoms with Crippen molar-refractivity contribution < 1.29 is 0 Å². The average molecular weight is 385 g/mol. The Labute approximate surface area is 169 Å². The Hall–Kier alpha value is -3.48. The summed E-state index contributed by atoms with van der Waals surface area (Å²) in [5, 5.41) is 16.4. The number of fused-ring (bicyclic) bond motifs is 1. The van der Waals surface area contributed by atoms with E-state index in [4.69, 9.17) is 0 Å². The molecule has 3 heterocycles. The maximum atomic E-state index is 4.52. The molecule has 0 saturated heterocycles. The van der Waals surface area contributed by atoms with Gasteiger partial charge in [-0.25, -0.2) is 4.98 Å². The number of nitrogens with zero attached hydrogens (tertiary/aromatic N) is 6. The minimum Gasteiger partial charge on any atom is -0.375 e. The number of hydrogen-bond acceptors (Lipinski definition) is 5. The van der Waals surface area contributed by atoms with Crippen LogP contribution in [0.2, 0.25) is 0 Å². The molecule has 29 heavy (non-hydrogen) atoms. The first-order valence-corrected chi connectivity index (χ1v) is 10.0. The van der Waals surface area contributed by atoms with Crippen LogP contribution in [0.25, 0.3) is 11.4 Å². The molecule has 1 atom stereocenters. The SMILES string of the molecule is c1ccc(-c2nnn(CCc3ccc(NC4CCCn5ccnc54)cc3)n2)cc1. The van der Waals surface area contributed by atoms with Gasteiger partial charge in [0.15, 0.2) is 0 Å². The lowest BCUT2D eigenvalue weighted by Crippen LogP contribution is -2.21. The minimum atomic E-state index is 0.278. The van der Waals surface area contributed by atoms with E-state index in [2.05, 4.69) is 60.7 Å². The number of imidazole rings is 1. The van der Waals surface area contributed by atoms with Crippen molar-refractivity contribution in [1.82, 2.24) is 29.8 Å². The van der Waals surface area contributed by atoms with Crippen molar-refractivity contribution in [2.75, 3.05) is 5.32 Å². The van der Waals surface area contributed by atoms with Crippen molar-refractivity contribution in [2.45, 2.75) is 38.4 Å². The number of anilines is 1. The number of tetrazole rings is 1. The summed E-state index contributed by atoms with van der Waals surface area (Å²) >= 11 is 0. The summed E-state index contributed by atoms with van der Waals surface area (Å²) in [5.74, 6) is 1.79. The van der Waals surface area contributed by atoms with Gasteiger partial charge in [-0.05, 0) is 42.2 Å². The molecule has 0 bridgehead atoms. The highest BCUT2D eigenvalue weighted by molar-refractivity contribution is 5.53. The molecular weight excluding hydrogens is 362 g/mol. The molecule has 0 fully saturated rings. The highest BCUT2D eigenvalue weighted by Crippen LogP contribution is 2.27. The van der Waals surface area contributed by atoms with E-state index in [1.807, 2.05) is 36.5 Å². The molecule has 2 aromatic heterocycles. The first-order chi connectivity index (χ1) is 14.3. The first-order valence-electron chi connectivity index (χ1n) is 10.0. The zero-order valence-electron chi connectivity index (χ0n) is 16.1. The summed E-state index contributed by atoms with van der Waals surface area (Å²) in [4.78, 5) is 6.18. The fourth-order valence-corrected chi connectivity index (χ4v) is 3.79. The van der Waals surface area contributed by atoms with Gasteiger partial charge in [0.1, 0.15) is 5.82 Å². The maximum Gasteiger partial charge on any atom is 0.204 e. The zero-order valence-corrected chi connectivity index (χ0v) is 16.1. The fourth-order valence-electron chi connectivity index (χ4n) is 3.79. The van der Waals surface area contributed by atoms with Gasteiger partial charge in [-0.3, -0.25) is 0 Å². The van der Waals surface area contributed by atoms with Gasteiger partial charge in [0, 0.05) is 30.2 Å². The Balaban J connectivity index is 1.19. The van der Waals surface area contributed by atoms with Crippen LogP contribution in [0.15, 0.2) is 67.0 Å². The van der Waals surface area contributed by atoms with E-state index in [0.717, 1.165) is 36.5 Å². The molecule has 2 aromatic carbocycles. The van der Waals surface area contributed by atoms with Gasteiger partial charge < -0.3 is 9.88 Å². The first kappa shape index (κ1) is 17.6. The quantitative estimate of drug-likeness (QED) is 0.547. The second-order valence-electron chi connectivity index (χ2n) is 7.34. The van der Waals surface area contributed by atoms with Gasteiger partial charge >= 0.3 is 0 Å². The highest BCUT2D eigenvalue weighted by atomic mass is 15.6. The van der Waals surface area contributed by atoms with Crippen LogP contribution in [-0.4, -0.2) is 29.8 Å². The molecular formula is C22H23N7. The van der Waals surface area contributed by atoms with Crippen LogP contribution >= 0.6 is 0 Å². The number of rotatable bonds is 6. The Bertz CT molecular complexity index is 1070. The third kappa shape index (κ3) is 3.89. The van der Waals surface area contributed by atoms with Crippen LogP contribution in [0.3, 0.4) is 0 Å². The van der Waals surface area contributed by atoms with Crippen LogP contribution in [0.4, 0.5) is 5.69 Å². The topological polar surface area (TPSA) is 73.5 Å². The standard InChI is InChI=1S/C22H23N7/c1-2-5-18(6-3-1)21-25-27-29(26-21)15-12-17-8-10-19(11-9-17)24-20-7-4-14-28-16-13-23-22(20)28/h1-3,5-6,8-11,13,16,20,24H,4,7,12,14-15H2. The largest absolute Gasteiger partial charge is 0.375 e. The number of hydrogen-bond donors (Lipinski definition) is 1. The number of aromatic nitrogens is 6. The van der Waals surface area contributed by atoms with E-state index < -0.39 is 0 Å². The van der Waals surface area contributed by atoms with Crippen molar-refractivity contribution in [3.63, 3.8) is 0 Å². The lowest BCUT2D eigenvalue weighted by molar-refractivity contribution is 0.470. The van der Waals surface area contributed by atoms with Crippen molar-refractivity contribution in [3.8, 4) is 11.4 Å². The molecule has 5 rings (SSSR count). The molecule has 4 aromatic rings. The summed E-state index contributed by atoms with van der Waals surface area (Å²) in [6, 6.07) is 18.8. The van der Waals surface area contributed by atoms with Crippen LogP contribution in [0.1, 0.15) is 30.3 Å². The van der Waals surface area contributed by atoms with Gasteiger partial charge in [0.05, 0.1) is 12.6 Å². The molecule has 1 aliphatic heterocycles. The average Bonchev–Trinajstić information content (AvgIpc) is 3.44. The predicted molar refractivity (Wildman–Crippen MR) is 111 cm³/mol. The summed E-state index contributed by atoms with van der Waals surface area (Å²) in [7, 11) is 0. The van der Waals surface area contributed by atoms with E-state index in [9.17, 15) is 0 Å². The van der Waals surface area contributed by atoms with E-state index in [-0.39, 0.29) is 6.04 Å². The minimum absolute atomic E-state index is 0.278. The van der Waals surface area contributed by atoms with Crippen LogP contribution in [-0.2, 0) is 19.5 Å². The predicted octanol–water partition coefficient (Wildman–Crippen LogP) is 3.73.